The number of carbonyl (C=O) groups excluding carboxylic acids is 2. The molecule has 2 aromatic carbocycles. The van der Waals surface area contributed by atoms with Crippen molar-refractivity contribution in [1.82, 2.24) is 4.98 Å². The van der Waals surface area contributed by atoms with E-state index >= 15 is 0 Å². The number of rotatable bonds is 4. The van der Waals surface area contributed by atoms with Crippen LogP contribution in [0.4, 0.5) is 0 Å². The van der Waals surface area contributed by atoms with E-state index in [1.165, 1.54) is 0 Å². The Labute approximate surface area is 157 Å². The van der Waals surface area contributed by atoms with Crippen LogP contribution in [-0.2, 0) is 9.53 Å². The van der Waals surface area contributed by atoms with Gasteiger partial charge in [-0.15, -0.1) is 0 Å². The van der Waals surface area contributed by atoms with Gasteiger partial charge in [-0.2, -0.15) is 0 Å². The van der Waals surface area contributed by atoms with Crippen LogP contribution in [0.2, 0.25) is 0 Å². The fraction of sp³-hybridized carbons (Fsp3) is 0.227. The average Bonchev–Trinajstić information content (AvgIpc) is 3.20. The maximum absolute atomic E-state index is 12.7. The second-order valence-electron chi connectivity index (χ2n) is 6.55. The third-order valence-electron chi connectivity index (χ3n) is 4.69. The molecule has 1 aliphatic carbocycles. The van der Waals surface area contributed by atoms with E-state index in [0.29, 0.717) is 35.6 Å². The lowest BCUT2D eigenvalue weighted by Gasteiger charge is -2.21. The number of hydrogen-bond donors (Lipinski definition) is 0. The molecular weight excluding hydrogens is 342 g/mol. The van der Waals surface area contributed by atoms with Crippen LogP contribution in [-0.4, -0.2) is 22.8 Å². The first-order valence-electron chi connectivity index (χ1n) is 9.07. The van der Waals surface area contributed by atoms with Gasteiger partial charge >= 0.3 is 5.97 Å². The van der Waals surface area contributed by atoms with Crippen LogP contribution in [0.25, 0.3) is 22.8 Å². The number of ketones is 1. The van der Waals surface area contributed by atoms with Crippen LogP contribution >= 0.6 is 0 Å². The topological polar surface area (TPSA) is 69.4 Å². The summed E-state index contributed by atoms with van der Waals surface area (Å²) in [5, 5.41) is 0. The molecule has 1 fully saturated rings. The van der Waals surface area contributed by atoms with Crippen molar-refractivity contribution >= 4 is 11.8 Å². The monoisotopic (exact) mass is 361 g/mol. The molecule has 0 saturated heterocycles. The van der Waals surface area contributed by atoms with Gasteiger partial charge in [-0.25, -0.2) is 9.78 Å². The summed E-state index contributed by atoms with van der Waals surface area (Å²) in [6.45, 7) is 0. The van der Waals surface area contributed by atoms with E-state index in [-0.39, 0.29) is 5.78 Å². The molecule has 1 aromatic heterocycles. The largest absolute Gasteiger partial charge is 0.451 e. The first kappa shape index (κ1) is 17.2. The molecule has 0 radical (unpaired) electrons. The zero-order chi connectivity index (χ0) is 18.6. The van der Waals surface area contributed by atoms with Gasteiger partial charge in [0, 0.05) is 12.0 Å². The molecule has 3 aromatic rings. The maximum Gasteiger partial charge on any atom is 0.339 e. The molecule has 1 heterocycles. The summed E-state index contributed by atoms with van der Waals surface area (Å²) in [6, 6.07) is 16.6. The van der Waals surface area contributed by atoms with Crippen LogP contribution in [0.5, 0.6) is 0 Å². The zero-order valence-corrected chi connectivity index (χ0v) is 14.8. The number of Topliss-reactive ketones (excluding diaryl/α,β-unsaturated/α-hetero) is 1. The van der Waals surface area contributed by atoms with Gasteiger partial charge in [-0.05, 0) is 31.4 Å². The van der Waals surface area contributed by atoms with E-state index in [9.17, 15) is 9.59 Å². The number of aromatic nitrogens is 1. The number of carbonyl (C=O) groups is 2. The molecule has 0 bridgehead atoms. The first-order valence-corrected chi connectivity index (χ1v) is 9.07. The summed E-state index contributed by atoms with van der Waals surface area (Å²) in [6.07, 6.45) is 3.80. The number of ether oxygens (including phenoxy) is 1. The minimum absolute atomic E-state index is 0.00503. The highest BCUT2D eigenvalue weighted by Gasteiger charge is 2.27. The molecule has 1 atom stereocenters. The third kappa shape index (κ3) is 3.67. The summed E-state index contributed by atoms with van der Waals surface area (Å²) in [5.74, 6) is 0.437. The van der Waals surface area contributed by atoms with Crippen molar-refractivity contribution in [3.63, 3.8) is 0 Å². The number of nitrogens with zero attached hydrogens (tertiary/aromatic N) is 1. The number of oxazole rings is 1. The Morgan fingerprint density at radius 2 is 1.81 bits per heavy atom. The van der Waals surface area contributed by atoms with Crippen molar-refractivity contribution in [3.8, 4) is 22.8 Å². The number of esters is 1. The standard InChI is InChI=1S/C22H19NO4/c24-18-12-6-7-13-19(18)27-22(25)17-11-5-4-10-16(17)21-23-14-20(26-21)15-8-2-1-3-9-15/h1-5,8-11,14,19H,6-7,12-13H2/t19-/m1/s1. The maximum atomic E-state index is 12.7. The number of hydrogen-bond acceptors (Lipinski definition) is 5. The lowest BCUT2D eigenvalue weighted by Crippen LogP contribution is -2.30. The molecule has 5 nitrogen and oxygen atoms in total. The predicted molar refractivity (Wildman–Crippen MR) is 100 cm³/mol. The summed E-state index contributed by atoms with van der Waals surface area (Å²) >= 11 is 0. The Hall–Kier alpha value is -3.21. The normalized spacial score (nSPS) is 16.9. The molecule has 0 aliphatic heterocycles. The molecular formula is C22H19NO4. The van der Waals surface area contributed by atoms with Crippen molar-refractivity contribution in [1.29, 1.82) is 0 Å². The molecule has 1 saturated carbocycles. The molecule has 0 amide bonds. The smallest absolute Gasteiger partial charge is 0.339 e. The third-order valence-corrected chi connectivity index (χ3v) is 4.69. The zero-order valence-electron chi connectivity index (χ0n) is 14.8. The molecule has 0 unspecified atom stereocenters. The van der Waals surface area contributed by atoms with Gasteiger partial charge in [0.25, 0.3) is 0 Å². The van der Waals surface area contributed by atoms with Crippen LogP contribution in [0.3, 0.4) is 0 Å². The van der Waals surface area contributed by atoms with E-state index in [0.717, 1.165) is 18.4 Å². The number of benzene rings is 2. The van der Waals surface area contributed by atoms with Gasteiger partial charge in [0.15, 0.2) is 17.6 Å². The van der Waals surface area contributed by atoms with Crippen molar-refractivity contribution in [2.24, 2.45) is 0 Å². The van der Waals surface area contributed by atoms with E-state index in [1.807, 2.05) is 36.4 Å². The molecule has 136 valence electrons. The van der Waals surface area contributed by atoms with Crippen molar-refractivity contribution in [3.05, 3.63) is 66.4 Å². The molecule has 1 aliphatic rings. The van der Waals surface area contributed by atoms with Gasteiger partial charge in [-0.3, -0.25) is 4.79 Å². The highest BCUT2D eigenvalue weighted by molar-refractivity contribution is 5.98. The predicted octanol–water partition coefficient (Wildman–Crippen LogP) is 4.68. The Morgan fingerprint density at radius 3 is 2.63 bits per heavy atom. The van der Waals surface area contributed by atoms with Crippen molar-refractivity contribution < 1.29 is 18.7 Å². The highest BCUT2D eigenvalue weighted by atomic mass is 16.5. The van der Waals surface area contributed by atoms with Gasteiger partial charge in [0.1, 0.15) is 0 Å². The molecule has 0 N–H and O–H groups in total. The average molecular weight is 361 g/mol. The Bertz CT molecular complexity index is 961. The quantitative estimate of drug-likeness (QED) is 0.631. The fourth-order valence-corrected chi connectivity index (χ4v) is 3.25. The van der Waals surface area contributed by atoms with Crippen LogP contribution < -0.4 is 0 Å². The molecule has 4 rings (SSSR count). The second kappa shape index (κ2) is 7.58. The fourth-order valence-electron chi connectivity index (χ4n) is 3.25. The Balaban J connectivity index is 1.61. The molecule has 5 heteroatoms. The Morgan fingerprint density at radius 1 is 1.04 bits per heavy atom. The van der Waals surface area contributed by atoms with Gasteiger partial charge in [0.2, 0.25) is 5.89 Å². The highest BCUT2D eigenvalue weighted by Crippen LogP contribution is 2.29. The summed E-state index contributed by atoms with van der Waals surface area (Å²) < 4.78 is 11.4. The van der Waals surface area contributed by atoms with E-state index in [1.54, 1.807) is 24.4 Å². The van der Waals surface area contributed by atoms with Crippen molar-refractivity contribution in [2.75, 3.05) is 0 Å². The first-order chi connectivity index (χ1) is 13.2. The minimum atomic E-state index is -0.649. The van der Waals surface area contributed by atoms with Crippen molar-refractivity contribution in [2.45, 2.75) is 31.8 Å². The summed E-state index contributed by atoms with van der Waals surface area (Å²) in [7, 11) is 0. The summed E-state index contributed by atoms with van der Waals surface area (Å²) in [4.78, 5) is 29.0. The van der Waals surface area contributed by atoms with E-state index in [2.05, 4.69) is 4.98 Å². The lowest BCUT2D eigenvalue weighted by atomic mass is 9.96. The lowest BCUT2D eigenvalue weighted by molar-refractivity contribution is -0.129. The van der Waals surface area contributed by atoms with Gasteiger partial charge in [0.05, 0.1) is 17.3 Å². The Kier molecular flexibility index (Phi) is 4.83. The molecule has 0 spiro atoms. The van der Waals surface area contributed by atoms with Crippen LogP contribution in [0.15, 0.2) is 65.2 Å². The van der Waals surface area contributed by atoms with E-state index in [4.69, 9.17) is 9.15 Å². The van der Waals surface area contributed by atoms with E-state index < -0.39 is 12.1 Å². The van der Waals surface area contributed by atoms with Gasteiger partial charge < -0.3 is 9.15 Å². The molecule has 27 heavy (non-hydrogen) atoms. The minimum Gasteiger partial charge on any atom is -0.451 e. The van der Waals surface area contributed by atoms with Crippen LogP contribution in [0.1, 0.15) is 36.0 Å². The van der Waals surface area contributed by atoms with Crippen LogP contribution in [0, 0.1) is 0 Å². The summed E-state index contributed by atoms with van der Waals surface area (Å²) in [5.41, 5.74) is 1.80. The SMILES string of the molecule is O=C(O[C@@H]1CCCCC1=O)c1ccccc1-c1ncc(-c2ccccc2)o1. The second-order valence-corrected chi connectivity index (χ2v) is 6.55. The van der Waals surface area contributed by atoms with Gasteiger partial charge in [-0.1, -0.05) is 42.5 Å².